The first kappa shape index (κ1) is 24.5. The van der Waals surface area contributed by atoms with Crippen LogP contribution in [0.15, 0.2) is 59.5 Å². The Morgan fingerprint density at radius 2 is 1.92 bits per heavy atom. The molecular formula is C25H24FN5O5. The number of fused-ring (bicyclic) bond motifs is 1. The number of H-pyrrole nitrogens is 1. The van der Waals surface area contributed by atoms with Gasteiger partial charge in [0.1, 0.15) is 17.3 Å². The topological polar surface area (TPSA) is 138 Å². The molecule has 0 unspecified atom stereocenters. The number of methoxy groups -OCH3 is 1. The Hall–Kier alpha value is -4.67. The maximum Gasteiger partial charge on any atom is 0.313 e. The van der Waals surface area contributed by atoms with Crippen molar-refractivity contribution < 1.29 is 27.9 Å². The van der Waals surface area contributed by atoms with Gasteiger partial charge in [-0.25, -0.2) is 9.37 Å². The number of benzene rings is 2. The molecule has 2 heterocycles. The van der Waals surface area contributed by atoms with Gasteiger partial charge >= 0.3 is 11.8 Å². The van der Waals surface area contributed by atoms with Gasteiger partial charge in [0, 0.05) is 29.2 Å². The highest BCUT2D eigenvalue weighted by Crippen LogP contribution is 2.32. The van der Waals surface area contributed by atoms with Crippen LogP contribution in [0.5, 0.6) is 5.75 Å². The van der Waals surface area contributed by atoms with E-state index in [2.05, 4.69) is 25.9 Å². The minimum absolute atomic E-state index is 0.0360. The van der Waals surface area contributed by atoms with Gasteiger partial charge in [-0.1, -0.05) is 0 Å². The first-order valence-electron chi connectivity index (χ1n) is 10.9. The predicted molar refractivity (Wildman–Crippen MR) is 130 cm³/mol. The number of aromatic amines is 1. The van der Waals surface area contributed by atoms with Gasteiger partial charge in [-0.2, -0.15) is 0 Å². The smallest absolute Gasteiger partial charge is 0.313 e. The Bertz CT molecular complexity index is 1430. The van der Waals surface area contributed by atoms with Crippen LogP contribution in [0.4, 0.5) is 10.1 Å². The molecule has 0 bridgehead atoms. The Balaban J connectivity index is 1.34. The van der Waals surface area contributed by atoms with Crippen molar-refractivity contribution in [3.05, 3.63) is 66.6 Å². The van der Waals surface area contributed by atoms with E-state index in [0.29, 0.717) is 33.7 Å². The number of oxazole rings is 1. The minimum Gasteiger partial charge on any atom is -0.496 e. The fourth-order valence-electron chi connectivity index (χ4n) is 3.54. The lowest BCUT2D eigenvalue weighted by molar-refractivity contribution is -0.137. The van der Waals surface area contributed by atoms with E-state index in [1.54, 1.807) is 38.1 Å². The molecule has 0 spiro atoms. The van der Waals surface area contributed by atoms with Crippen molar-refractivity contribution in [1.82, 2.24) is 20.6 Å². The molecule has 0 fully saturated rings. The first-order valence-corrected chi connectivity index (χ1v) is 10.9. The van der Waals surface area contributed by atoms with Crippen LogP contribution in [0.1, 0.15) is 24.3 Å². The number of halogens is 1. The van der Waals surface area contributed by atoms with Crippen LogP contribution >= 0.6 is 0 Å². The van der Waals surface area contributed by atoms with Gasteiger partial charge < -0.3 is 30.1 Å². The van der Waals surface area contributed by atoms with Crippen molar-refractivity contribution in [2.45, 2.75) is 19.4 Å². The zero-order valence-electron chi connectivity index (χ0n) is 19.8. The number of anilines is 1. The van der Waals surface area contributed by atoms with Crippen molar-refractivity contribution in [3.63, 3.8) is 0 Å². The summed E-state index contributed by atoms with van der Waals surface area (Å²) in [5.74, 6) is -1.69. The standard InChI is InChI=1S/C25H24FN5O5/c1-25(2,12-28-22(32)19-9-14-8-15(26)4-7-18(14)30-19)31-24(34)23(33)29-16-5-6-17(20(10-16)35-3)21-11-27-13-36-21/h4-11,13,30H,12H2,1-3H3,(H,28,32)(H,29,33)(H,31,34). The summed E-state index contributed by atoms with van der Waals surface area (Å²) in [4.78, 5) is 44.3. The lowest BCUT2D eigenvalue weighted by Crippen LogP contribution is -2.54. The Kier molecular flexibility index (Phi) is 6.73. The molecule has 0 aliphatic carbocycles. The van der Waals surface area contributed by atoms with Gasteiger partial charge in [0.05, 0.1) is 24.4 Å². The molecule has 2 aromatic heterocycles. The molecule has 4 N–H and O–H groups in total. The van der Waals surface area contributed by atoms with Crippen LogP contribution in [-0.2, 0) is 9.59 Å². The van der Waals surface area contributed by atoms with E-state index in [1.807, 2.05) is 0 Å². The lowest BCUT2D eigenvalue weighted by atomic mass is 10.1. The second-order valence-corrected chi connectivity index (χ2v) is 8.67. The van der Waals surface area contributed by atoms with Crippen LogP contribution < -0.4 is 20.7 Å². The summed E-state index contributed by atoms with van der Waals surface area (Å²) in [5.41, 5.74) is 0.899. The van der Waals surface area contributed by atoms with E-state index >= 15 is 0 Å². The fraction of sp³-hybridized carbons (Fsp3) is 0.200. The van der Waals surface area contributed by atoms with Crippen molar-refractivity contribution in [2.75, 3.05) is 19.0 Å². The number of carbonyl (C=O) groups excluding carboxylic acids is 3. The summed E-state index contributed by atoms with van der Waals surface area (Å²) in [7, 11) is 1.47. The van der Waals surface area contributed by atoms with Crippen molar-refractivity contribution in [2.24, 2.45) is 0 Å². The Morgan fingerprint density at radius 1 is 1.11 bits per heavy atom. The van der Waals surface area contributed by atoms with Gasteiger partial charge in [0.25, 0.3) is 5.91 Å². The third-order valence-electron chi connectivity index (χ3n) is 5.33. The number of nitrogens with one attached hydrogen (secondary N) is 4. The SMILES string of the molecule is COc1cc(NC(=O)C(=O)NC(C)(C)CNC(=O)c2cc3cc(F)ccc3[nH]2)ccc1-c1cnco1. The molecule has 0 aliphatic rings. The minimum atomic E-state index is -0.948. The maximum absolute atomic E-state index is 13.4. The number of nitrogens with zero attached hydrogens (tertiary/aromatic N) is 1. The number of rotatable bonds is 7. The molecule has 36 heavy (non-hydrogen) atoms. The van der Waals surface area contributed by atoms with E-state index in [0.717, 1.165) is 0 Å². The normalized spacial score (nSPS) is 11.2. The highest BCUT2D eigenvalue weighted by molar-refractivity contribution is 6.39. The van der Waals surface area contributed by atoms with Gasteiger partial charge in [0.15, 0.2) is 12.2 Å². The first-order chi connectivity index (χ1) is 17.1. The Morgan fingerprint density at radius 3 is 2.64 bits per heavy atom. The third-order valence-corrected chi connectivity index (χ3v) is 5.33. The van der Waals surface area contributed by atoms with E-state index in [4.69, 9.17) is 9.15 Å². The van der Waals surface area contributed by atoms with Gasteiger partial charge in [-0.15, -0.1) is 0 Å². The highest BCUT2D eigenvalue weighted by atomic mass is 19.1. The molecule has 11 heteroatoms. The summed E-state index contributed by atoms with van der Waals surface area (Å²) in [6.07, 6.45) is 2.82. The summed E-state index contributed by atoms with van der Waals surface area (Å²) in [6, 6.07) is 10.5. The van der Waals surface area contributed by atoms with Crippen molar-refractivity contribution >= 4 is 34.3 Å². The number of amides is 3. The van der Waals surface area contributed by atoms with Crippen LogP contribution in [0, 0.1) is 5.82 Å². The van der Waals surface area contributed by atoms with E-state index in [-0.39, 0.29) is 12.2 Å². The van der Waals surface area contributed by atoms with Gasteiger partial charge in [0.2, 0.25) is 0 Å². The number of aromatic nitrogens is 2. The van der Waals surface area contributed by atoms with Gasteiger partial charge in [-0.05, 0) is 50.2 Å². The molecule has 0 saturated heterocycles. The summed E-state index contributed by atoms with van der Waals surface area (Å²) in [5, 5.41) is 8.39. The quantitative estimate of drug-likeness (QED) is 0.292. The van der Waals surface area contributed by atoms with E-state index in [1.165, 1.54) is 37.9 Å². The molecule has 10 nitrogen and oxygen atoms in total. The number of hydrogen-bond donors (Lipinski definition) is 4. The maximum atomic E-state index is 13.4. The third kappa shape index (κ3) is 5.52. The van der Waals surface area contributed by atoms with E-state index in [9.17, 15) is 18.8 Å². The van der Waals surface area contributed by atoms with Crippen molar-refractivity contribution in [1.29, 1.82) is 0 Å². The molecule has 0 aliphatic heterocycles. The number of carbonyl (C=O) groups is 3. The van der Waals surface area contributed by atoms with Crippen molar-refractivity contribution in [3.8, 4) is 17.1 Å². The Labute approximate surface area is 205 Å². The molecule has 186 valence electrons. The monoisotopic (exact) mass is 493 g/mol. The lowest BCUT2D eigenvalue weighted by Gasteiger charge is -2.26. The average Bonchev–Trinajstić information content (AvgIpc) is 3.52. The van der Waals surface area contributed by atoms with Crippen LogP contribution in [0.2, 0.25) is 0 Å². The fourth-order valence-corrected chi connectivity index (χ4v) is 3.54. The van der Waals surface area contributed by atoms with Crippen LogP contribution in [0.3, 0.4) is 0 Å². The van der Waals surface area contributed by atoms with Gasteiger partial charge in [-0.3, -0.25) is 14.4 Å². The molecule has 0 saturated carbocycles. The largest absolute Gasteiger partial charge is 0.496 e. The molecular weight excluding hydrogens is 469 g/mol. The summed E-state index contributed by atoms with van der Waals surface area (Å²) < 4.78 is 24.0. The molecule has 0 atom stereocenters. The summed E-state index contributed by atoms with van der Waals surface area (Å²) in [6.45, 7) is 3.36. The van der Waals surface area contributed by atoms with Crippen LogP contribution in [-0.4, -0.2) is 46.9 Å². The number of ether oxygens (including phenoxy) is 1. The van der Waals surface area contributed by atoms with Crippen LogP contribution in [0.25, 0.3) is 22.2 Å². The number of hydrogen-bond acceptors (Lipinski definition) is 6. The second-order valence-electron chi connectivity index (χ2n) is 8.67. The second kappa shape index (κ2) is 9.90. The average molecular weight is 493 g/mol. The molecule has 4 rings (SSSR count). The predicted octanol–water partition coefficient (Wildman–Crippen LogP) is 3.23. The molecule has 2 aromatic carbocycles. The van der Waals surface area contributed by atoms with E-state index < -0.39 is 29.1 Å². The zero-order valence-corrected chi connectivity index (χ0v) is 19.8. The molecule has 4 aromatic rings. The molecule has 0 radical (unpaired) electrons. The summed E-state index contributed by atoms with van der Waals surface area (Å²) >= 11 is 0. The molecule has 3 amide bonds. The highest BCUT2D eigenvalue weighted by Gasteiger charge is 2.26. The zero-order chi connectivity index (χ0) is 25.9.